The first kappa shape index (κ1) is 17.9. The van der Waals surface area contributed by atoms with Crippen LogP contribution < -0.4 is 16.0 Å². The largest absolute Gasteiger partial charge is 0.375 e. The summed E-state index contributed by atoms with van der Waals surface area (Å²) in [6.07, 6.45) is 5.61. The van der Waals surface area contributed by atoms with Gasteiger partial charge in [-0.1, -0.05) is 19.3 Å². The summed E-state index contributed by atoms with van der Waals surface area (Å²) >= 11 is 0. The lowest BCUT2D eigenvalue weighted by molar-refractivity contribution is -0.123. The summed E-state index contributed by atoms with van der Waals surface area (Å²) in [7, 11) is 0. The topological polar surface area (TPSA) is 79.5 Å². The molecule has 2 amide bonds. The molecule has 1 saturated heterocycles. The Morgan fingerprint density at radius 3 is 2.52 bits per heavy atom. The Kier molecular flexibility index (Phi) is 6.04. The molecule has 1 saturated carbocycles. The molecule has 6 heteroatoms. The molecule has 0 radical (unpaired) electrons. The van der Waals surface area contributed by atoms with Gasteiger partial charge in [0, 0.05) is 23.8 Å². The number of hydrogen-bond donors (Lipinski definition) is 3. The fraction of sp³-hybridized carbons (Fsp3) is 0.579. The number of carbonyl (C=O) groups is 2. The SMILES string of the molecule is C[C@H]1OCCN[C@@H]1C(=O)Nc1ccc(C(=O)NC2CCCCC2)cc1. The molecule has 1 aliphatic carbocycles. The first-order valence-electron chi connectivity index (χ1n) is 9.20. The van der Waals surface area contributed by atoms with E-state index in [0.717, 1.165) is 12.8 Å². The quantitative estimate of drug-likeness (QED) is 0.780. The van der Waals surface area contributed by atoms with Gasteiger partial charge in [0.1, 0.15) is 6.04 Å². The van der Waals surface area contributed by atoms with Crippen LogP contribution in [0.1, 0.15) is 49.4 Å². The van der Waals surface area contributed by atoms with Crippen molar-refractivity contribution >= 4 is 17.5 Å². The van der Waals surface area contributed by atoms with Gasteiger partial charge in [0.05, 0.1) is 12.7 Å². The van der Waals surface area contributed by atoms with Crippen LogP contribution in [0.15, 0.2) is 24.3 Å². The highest BCUT2D eigenvalue weighted by molar-refractivity contribution is 5.97. The van der Waals surface area contributed by atoms with Gasteiger partial charge in [-0.15, -0.1) is 0 Å². The Balaban J connectivity index is 1.54. The molecule has 3 N–H and O–H groups in total. The normalized spacial score (nSPS) is 24.5. The van der Waals surface area contributed by atoms with Gasteiger partial charge in [-0.2, -0.15) is 0 Å². The zero-order chi connectivity index (χ0) is 17.6. The minimum atomic E-state index is -0.358. The Bertz CT molecular complexity index is 596. The van der Waals surface area contributed by atoms with Crippen LogP contribution in [0, 0.1) is 0 Å². The molecule has 1 aromatic carbocycles. The summed E-state index contributed by atoms with van der Waals surface area (Å²) in [5.41, 5.74) is 1.30. The summed E-state index contributed by atoms with van der Waals surface area (Å²) in [6.45, 7) is 3.17. The zero-order valence-electron chi connectivity index (χ0n) is 14.7. The van der Waals surface area contributed by atoms with Gasteiger partial charge < -0.3 is 20.7 Å². The van der Waals surface area contributed by atoms with Crippen LogP contribution in [-0.2, 0) is 9.53 Å². The number of benzene rings is 1. The van der Waals surface area contributed by atoms with E-state index in [9.17, 15) is 9.59 Å². The minimum Gasteiger partial charge on any atom is -0.375 e. The number of rotatable bonds is 4. The fourth-order valence-corrected chi connectivity index (χ4v) is 3.47. The van der Waals surface area contributed by atoms with Gasteiger partial charge in [-0.3, -0.25) is 9.59 Å². The maximum absolute atomic E-state index is 12.3. The molecule has 2 atom stereocenters. The van der Waals surface area contributed by atoms with Gasteiger partial charge in [-0.25, -0.2) is 0 Å². The minimum absolute atomic E-state index is 0.0410. The number of nitrogens with one attached hydrogen (secondary N) is 3. The van der Waals surface area contributed by atoms with Crippen LogP contribution in [0.4, 0.5) is 5.69 Å². The summed E-state index contributed by atoms with van der Waals surface area (Å²) in [4.78, 5) is 24.6. The second kappa shape index (κ2) is 8.45. The third-order valence-corrected chi connectivity index (χ3v) is 4.95. The lowest BCUT2D eigenvalue weighted by Crippen LogP contribution is -2.53. The van der Waals surface area contributed by atoms with Gasteiger partial charge in [-0.05, 0) is 44.0 Å². The third kappa shape index (κ3) is 4.80. The van der Waals surface area contributed by atoms with Crippen molar-refractivity contribution in [2.24, 2.45) is 0 Å². The van der Waals surface area contributed by atoms with E-state index in [2.05, 4.69) is 16.0 Å². The first-order chi connectivity index (χ1) is 12.1. The number of ether oxygens (including phenoxy) is 1. The monoisotopic (exact) mass is 345 g/mol. The van der Waals surface area contributed by atoms with Gasteiger partial charge >= 0.3 is 0 Å². The predicted octanol–water partition coefficient (Wildman–Crippen LogP) is 2.06. The van der Waals surface area contributed by atoms with Crippen molar-refractivity contribution in [2.75, 3.05) is 18.5 Å². The molecule has 0 spiro atoms. The van der Waals surface area contributed by atoms with E-state index in [1.807, 2.05) is 6.92 Å². The standard InChI is InChI=1S/C19H27N3O3/c1-13-17(20-11-12-25-13)19(24)22-16-9-7-14(8-10-16)18(23)21-15-5-3-2-4-6-15/h7-10,13,15,17,20H,2-6,11-12H2,1H3,(H,21,23)(H,22,24)/t13-,17+/m1/s1. The molecule has 0 aromatic heterocycles. The average Bonchev–Trinajstić information content (AvgIpc) is 2.63. The van der Waals surface area contributed by atoms with E-state index >= 15 is 0 Å². The lowest BCUT2D eigenvalue weighted by Gasteiger charge is -2.29. The van der Waals surface area contributed by atoms with Crippen molar-refractivity contribution in [3.8, 4) is 0 Å². The Morgan fingerprint density at radius 2 is 1.84 bits per heavy atom. The van der Waals surface area contributed by atoms with Crippen molar-refractivity contribution < 1.29 is 14.3 Å². The molecule has 0 bridgehead atoms. The molecule has 25 heavy (non-hydrogen) atoms. The van der Waals surface area contributed by atoms with Crippen LogP contribution in [0.25, 0.3) is 0 Å². The van der Waals surface area contributed by atoms with Crippen molar-refractivity contribution in [1.29, 1.82) is 0 Å². The second-order valence-corrected chi connectivity index (χ2v) is 6.88. The maximum Gasteiger partial charge on any atom is 0.251 e. The molecule has 136 valence electrons. The summed E-state index contributed by atoms with van der Waals surface area (Å²) in [5, 5.41) is 9.14. The molecular weight excluding hydrogens is 318 g/mol. The van der Waals surface area contributed by atoms with E-state index in [-0.39, 0.29) is 24.0 Å². The Hall–Kier alpha value is -1.92. The Morgan fingerprint density at radius 1 is 1.12 bits per heavy atom. The molecule has 6 nitrogen and oxygen atoms in total. The number of carbonyl (C=O) groups excluding carboxylic acids is 2. The van der Waals surface area contributed by atoms with Crippen molar-refractivity contribution in [1.82, 2.24) is 10.6 Å². The van der Waals surface area contributed by atoms with Gasteiger partial charge in [0.2, 0.25) is 5.91 Å². The molecule has 1 aliphatic heterocycles. The molecule has 2 fully saturated rings. The van der Waals surface area contributed by atoms with Crippen LogP contribution >= 0.6 is 0 Å². The van der Waals surface area contributed by atoms with Gasteiger partial charge in [0.15, 0.2) is 0 Å². The average molecular weight is 345 g/mol. The molecule has 0 unspecified atom stereocenters. The van der Waals surface area contributed by atoms with Crippen LogP contribution in [0.3, 0.4) is 0 Å². The van der Waals surface area contributed by atoms with Crippen LogP contribution in [0.2, 0.25) is 0 Å². The summed E-state index contributed by atoms with van der Waals surface area (Å²) in [5.74, 6) is -0.160. The smallest absolute Gasteiger partial charge is 0.251 e. The highest BCUT2D eigenvalue weighted by Gasteiger charge is 2.28. The van der Waals surface area contributed by atoms with Gasteiger partial charge in [0.25, 0.3) is 5.91 Å². The predicted molar refractivity (Wildman–Crippen MR) is 96.6 cm³/mol. The zero-order valence-corrected chi connectivity index (χ0v) is 14.7. The number of hydrogen-bond acceptors (Lipinski definition) is 4. The Labute approximate surface area is 148 Å². The fourth-order valence-electron chi connectivity index (χ4n) is 3.47. The third-order valence-electron chi connectivity index (χ3n) is 4.95. The first-order valence-corrected chi connectivity index (χ1v) is 9.20. The van der Waals surface area contributed by atoms with Crippen LogP contribution in [-0.4, -0.2) is 43.2 Å². The number of amides is 2. The lowest BCUT2D eigenvalue weighted by atomic mass is 9.95. The summed E-state index contributed by atoms with van der Waals surface area (Å²) in [6, 6.07) is 6.97. The highest BCUT2D eigenvalue weighted by atomic mass is 16.5. The van der Waals surface area contributed by atoms with Crippen molar-refractivity contribution in [3.63, 3.8) is 0 Å². The molecule has 1 aromatic rings. The van der Waals surface area contributed by atoms with Crippen molar-refractivity contribution in [2.45, 2.75) is 57.2 Å². The molecule has 3 rings (SSSR count). The molecule has 2 aliphatic rings. The van der Waals surface area contributed by atoms with E-state index in [4.69, 9.17) is 4.74 Å². The number of morpholine rings is 1. The van der Waals surface area contributed by atoms with Crippen molar-refractivity contribution in [3.05, 3.63) is 29.8 Å². The van der Waals surface area contributed by atoms with E-state index in [1.54, 1.807) is 24.3 Å². The highest BCUT2D eigenvalue weighted by Crippen LogP contribution is 2.18. The van der Waals surface area contributed by atoms with E-state index in [0.29, 0.717) is 30.4 Å². The second-order valence-electron chi connectivity index (χ2n) is 6.88. The molecule has 1 heterocycles. The molecular formula is C19H27N3O3. The van der Waals surface area contributed by atoms with E-state index in [1.165, 1.54) is 19.3 Å². The number of anilines is 1. The maximum atomic E-state index is 12.3. The van der Waals surface area contributed by atoms with Crippen LogP contribution in [0.5, 0.6) is 0 Å². The summed E-state index contributed by atoms with van der Waals surface area (Å²) < 4.78 is 5.50. The van der Waals surface area contributed by atoms with E-state index < -0.39 is 0 Å².